The van der Waals surface area contributed by atoms with Gasteiger partial charge in [0, 0.05) is 36.2 Å². The number of rotatable bonds is 3. The highest BCUT2D eigenvalue weighted by Crippen LogP contribution is 2.25. The number of nitrogens with zero attached hydrogens (tertiary/aromatic N) is 1. The van der Waals surface area contributed by atoms with Gasteiger partial charge in [-0.2, -0.15) is 0 Å². The number of aliphatic hydroxyl groups is 1. The second-order valence-corrected chi connectivity index (χ2v) is 5.07. The summed E-state index contributed by atoms with van der Waals surface area (Å²) in [6.45, 7) is 3.38. The molecule has 0 saturated carbocycles. The molecule has 0 amide bonds. The Labute approximate surface area is 121 Å². The van der Waals surface area contributed by atoms with Crippen molar-refractivity contribution in [1.29, 1.82) is 0 Å². The number of benzene rings is 1. The average molecular weight is 340 g/mol. The zero-order chi connectivity index (χ0) is 12.3. The fourth-order valence-electron chi connectivity index (χ4n) is 2.18. The first kappa shape index (κ1) is 15.9. The summed E-state index contributed by atoms with van der Waals surface area (Å²) < 4.78 is 14.6. The predicted molar refractivity (Wildman–Crippen MR) is 75.6 cm³/mol. The molecule has 18 heavy (non-hydrogen) atoms. The molecule has 1 saturated heterocycles. The van der Waals surface area contributed by atoms with Gasteiger partial charge in [-0.1, -0.05) is 22.0 Å². The minimum Gasteiger partial charge on any atom is -0.394 e. The van der Waals surface area contributed by atoms with Gasteiger partial charge in [-0.05, 0) is 12.1 Å². The molecule has 2 rings (SSSR count). The minimum atomic E-state index is -0.267. The Bertz CT molecular complexity index is 388. The monoisotopic (exact) mass is 338 g/mol. The van der Waals surface area contributed by atoms with Crippen molar-refractivity contribution in [3.63, 3.8) is 0 Å². The summed E-state index contributed by atoms with van der Waals surface area (Å²) in [4.78, 5) is 2.11. The van der Waals surface area contributed by atoms with E-state index in [0.717, 1.165) is 30.7 Å². The van der Waals surface area contributed by atoms with Crippen molar-refractivity contribution in [2.75, 3.05) is 32.8 Å². The second-order valence-electron chi connectivity index (χ2n) is 4.15. The summed E-state index contributed by atoms with van der Waals surface area (Å²) in [5.41, 5.74) is 0.567. The van der Waals surface area contributed by atoms with E-state index >= 15 is 0 Å². The molecule has 1 aliphatic heterocycles. The SMILES string of the molecule is Cl.OC[C@H](c1ccc(Br)cc1F)N1CCNCC1. The fraction of sp³-hybridized carbons (Fsp3) is 0.500. The maximum atomic E-state index is 13.9. The Morgan fingerprint density at radius 3 is 2.61 bits per heavy atom. The van der Waals surface area contributed by atoms with E-state index in [1.807, 2.05) is 6.07 Å². The fourth-order valence-corrected chi connectivity index (χ4v) is 2.51. The molecule has 2 N–H and O–H groups in total. The molecule has 3 nitrogen and oxygen atoms in total. The van der Waals surface area contributed by atoms with Gasteiger partial charge >= 0.3 is 0 Å². The van der Waals surface area contributed by atoms with Gasteiger partial charge in [-0.25, -0.2) is 4.39 Å². The van der Waals surface area contributed by atoms with Crippen LogP contribution in [0.5, 0.6) is 0 Å². The van der Waals surface area contributed by atoms with Crippen LogP contribution in [0.2, 0.25) is 0 Å². The van der Waals surface area contributed by atoms with Gasteiger partial charge in [0.05, 0.1) is 12.6 Å². The zero-order valence-electron chi connectivity index (χ0n) is 9.90. The van der Waals surface area contributed by atoms with Crippen LogP contribution in [0.15, 0.2) is 22.7 Å². The van der Waals surface area contributed by atoms with Crippen molar-refractivity contribution < 1.29 is 9.50 Å². The first-order valence-electron chi connectivity index (χ1n) is 5.73. The Kier molecular flexibility index (Phi) is 6.52. The first-order chi connectivity index (χ1) is 8.22. The Balaban J connectivity index is 0.00000162. The van der Waals surface area contributed by atoms with Crippen LogP contribution >= 0.6 is 28.3 Å². The van der Waals surface area contributed by atoms with Gasteiger partial charge in [0.2, 0.25) is 0 Å². The van der Waals surface area contributed by atoms with Crippen molar-refractivity contribution in [2.24, 2.45) is 0 Å². The predicted octanol–water partition coefficient (Wildman–Crippen LogP) is 1.95. The zero-order valence-corrected chi connectivity index (χ0v) is 12.3. The topological polar surface area (TPSA) is 35.5 Å². The van der Waals surface area contributed by atoms with Crippen LogP contribution in [-0.4, -0.2) is 42.8 Å². The van der Waals surface area contributed by atoms with E-state index in [0.29, 0.717) is 5.56 Å². The van der Waals surface area contributed by atoms with E-state index < -0.39 is 0 Å². The van der Waals surface area contributed by atoms with Gasteiger partial charge in [-0.3, -0.25) is 4.90 Å². The Morgan fingerprint density at radius 2 is 2.06 bits per heavy atom. The molecular weight excluding hydrogens is 323 g/mol. The normalized spacial score (nSPS) is 18.2. The summed E-state index contributed by atoms with van der Waals surface area (Å²) in [6, 6.07) is 4.75. The van der Waals surface area contributed by atoms with Crippen molar-refractivity contribution in [3.05, 3.63) is 34.1 Å². The van der Waals surface area contributed by atoms with Gasteiger partial charge < -0.3 is 10.4 Å². The summed E-state index contributed by atoms with van der Waals surface area (Å²) in [6.07, 6.45) is 0. The molecule has 0 aliphatic carbocycles. The average Bonchev–Trinajstić information content (AvgIpc) is 2.34. The van der Waals surface area contributed by atoms with Crippen LogP contribution in [0, 0.1) is 5.82 Å². The molecule has 0 bridgehead atoms. The molecule has 1 aromatic carbocycles. The van der Waals surface area contributed by atoms with Gasteiger partial charge in [0.25, 0.3) is 0 Å². The maximum absolute atomic E-state index is 13.9. The van der Waals surface area contributed by atoms with Crippen LogP contribution in [0.25, 0.3) is 0 Å². The van der Waals surface area contributed by atoms with Crippen LogP contribution in [0.1, 0.15) is 11.6 Å². The molecule has 0 spiro atoms. The lowest BCUT2D eigenvalue weighted by Crippen LogP contribution is -2.46. The van der Waals surface area contributed by atoms with Gasteiger partial charge in [0.15, 0.2) is 0 Å². The van der Waals surface area contributed by atoms with Crippen molar-refractivity contribution in [1.82, 2.24) is 10.2 Å². The molecule has 0 unspecified atom stereocenters. The Morgan fingerprint density at radius 1 is 1.39 bits per heavy atom. The molecule has 1 aromatic rings. The van der Waals surface area contributed by atoms with Crippen molar-refractivity contribution in [3.8, 4) is 0 Å². The summed E-state index contributed by atoms with van der Waals surface area (Å²) in [7, 11) is 0. The maximum Gasteiger partial charge on any atom is 0.129 e. The van der Waals surface area contributed by atoms with Crippen LogP contribution < -0.4 is 5.32 Å². The summed E-state index contributed by atoms with van der Waals surface area (Å²) in [5.74, 6) is -0.267. The third-order valence-electron chi connectivity index (χ3n) is 3.09. The van der Waals surface area contributed by atoms with E-state index in [1.54, 1.807) is 6.07 Å². The molecule has 1 fully saturated rings. The molecule has 0 aromatic heterocycles. The Hall–Kier alpha value is -0.200. The molecule has 1 heterocycles. The summed E-state index contributed by atoms with van der Waals surface area (Å²) >= 11 is 3.24. The van der Waals surface area contributed by atoms with Gasteiger partial charge in [0.1, 0.15) is 5.82 Å². The van der Waals surface area contributed by atoms with E-state index in [4.69, 9.17) is 0 Å². The van der Waals surface area contributed by atoms with Gasteiger partial charge in [-0.15, -0.1) is 12.4 Å². The number of halogens is 3. The molecular formula is C12H17BrClFN2O. The highest BCUT2D eigenvalue weighted by molar-refractivity contribution is 9.10. The highest BCUT2D eigenvalue weighted by Gasteiger charge is 2.23. The third kappa shape index (κ3) is 3.65. The summed E-state index contributed by atoms with van der Waals surface area (Å²) in [5, 5.41) is 12.7. The third-order valence-corrected chi connectivity index (χ3v) is 3.58. The van der Waals surface area contributed by atoms with E-state index in [1.165, 1.54) is 6.07 Å². The second kappa shape index (κ2) is 7.40. The lowest BCUT2D eigenvalue weighted by Gasteiger charge is -2.34. The van der Waals surface area contributed by atoms with Crippen LogP contribution in [-0.2, 0) is 0 Å². The standard InChI is InChI=1S/C12H16BrFN2O.ClH/c13-9-1-2-10(11(14)7-9)12(8-17)16-5-3-15-4-6-16;/h1-2,7,12,15,17H,3-6,8H2;1H/t12-;/m1./s1. The lowest BCUT2D eigenvalue weighted by molar-refractivity contribution is 0.108. The number of hydrogen-bond donors (Lipinski definition) is 2. The smallest absolute Gasteiger partial charge is 0.129 e. The van der Waals surface area contributed by atoms with E-state index in [2.05, 4.69) is 26.1 Å². The minimum absolute atomic E-state index is 0. The molecule has 1 atom stereocenters. The number of nitrogens with one attached hydrogen (secondary N) is 1. The van der Waals surface area contributed by atoms with Crippen LogP contribution in [0.3, 0.4) is 0 Å². The highest BCUT2D eigenvalue weighted by atomic mass is 79.9. The van der Waals surface area contributed by atoms with E-state index in [-0.39, 0.29) is 30.9 Å². The largest absolute Gasteiger partial charge is 0.394 e. The first-order valence-corrected chi connectivity index (χ1v) is 6.52. The molecule has 102 valence electrons. The lowest BCUT2D eigenvalue weighted by atomic mass is 10.0. The molecule has 0 radical (unpaired) electrons. The van der Waals surface area contributed by atoms with E-state index in [9.17, 15) is 9.50 Å². The number of piperazine rings is 1. The van der Waals surface area contributed by atoms with Crippen molar-refractivity contribution >= 4 is 28.3 Å². The van der Waals surface area contributed by atoms with Crippen LogP contribution in [0.4, 0.5) is 4.39 Å². The quantitative estimate of drug-likeness (QED) is 0.883. The number of aliphatic hydroxyl groups excluding tert-OH is 1. The number of hydrogen-bond acceptors (Lipinski definition) is 3. The van der Waals surface area contributed by atoms with Crippen molar-refractivity contribution in [2.45, 2.75) is 6.04 Å². The molecule has 1 aliphatic rings. The molecule has 6 heteroatoms.